The summed E-state index contributed by atoms with van der Waals surface area (Å²) < 4.78 is 30.4. The van der Waals surface area contributed by atoms with Gasteiger partial charge in [0.05, 0.1) is 16.5 Å². The van der Waals surface area contributed by atoms with Crippen LogP contribution in [0.1, 0.15) is 40.5 Å². The van der Waals surface area contributed by atoms with Crippen LogP contribution in [0.25, 0.3) is 0 Å². The lowest BCUT2D eigenvalue weighted by atomic mass is 10.0. The van der Waals surface area contributed by atoms with Crippen LogP contribution in [0.3, 0.4) is 0 Å². The van der Waals surface area contributed by atoms with Crippen molar-refractivity contribution in [2.24, 2.45) is 11.8 Å². The summed E-state index contributed by atoms with van der Waals surface area (Å²) in [5.74, 6) is -0.885. The summed E-state index contributed by atoms with van der Waals surface area (Å²) in [6, 6.07) is 8.52. The summed E-state index contributed by atoms with van der Waals surface area (Å²) in [4.78, 5) is 33.6. The predicted octanol–water partition coefficient (Wildman–Crippen LogP) is 5.66. The second-order valence-electron chi connectivity index (χ2n) is 8.35. The van der Waals surface area contributed by atoms with Crippen LogP contribution >= 0.6 is 7.75 Å². The van der Waals surface area contributed by atoms with Crippen molar-refractivity contribution in [3.8, 4) is 11.5 Å². The molecule has 0 fully saturated rings. The lowest BCUT2D eigenvalue weighted by Gasteiger charge is -2.27. The Morgan fingerprint density at radius 1 is 0.889 bits per heavy atom. The van der Waals surface area contributed by atoms with E-state index in [1.165, 1.54) is 24.3 Å². The number of carbonyl (C=O) groups excluding carboxylic acids is 1. The molecule has 0 saturated carbocycles. The van der Waals surface area contributed by atoms with Gasteiger partial charge in [-0.2, -0.15) is 5.09 Å². The molecule has 13 heteroatoms. The fraction of sp³-hybridized carbons (Fsp3) is 0.435. The first-order chi connectivity index (χ1) is 17.0. The molecule has 1 N–H and O–H groups in total. The van der Waals surface area contributed by atoms with E-state index in [-0.39, 0.29) is 41.3 Å². The molecule has 1 unspecified atom stereocenters. The first-order valence-electron chi connectivity index (χ1n) is 11.4. The summed E-state index contributed by atoms with van der Waals surface area (Å²) in [6.45, 7) is 7.62. The number of carbonyl (C=O) groups is 1. The normalized spacial score (nSPS) is 12.3. The fourth-order valence-corrected chi connectivity index (χ4v) is 4.75. The third kappa shape index (κ3) is 8.31. The van der Waals surface area contributed by atoms with Gasteiger partial charge in [-0.15, -0.1) is 0 Å². The van der Waals surface area contributed by atoms with E-state index in [0.717, 1.165) is 37.1 Å². The van der Waals surface area contributed by atoms with Gasteiger partial charge < -0.3 is 13.8 Å². The standard InChI is InChI=1S/C23H30N3O9P/c1-5-17(6-2)15-33-23(27)22(16(3)4)24-36(32,34-20-11-7-18(8-12-20)25(28)29)35-21-13-9-19(10-14-21)26(30)31/h7-14,16-17,22H,5-6,15H2,1-4H3,(H,24,32). The van der Waals surface area contributed by atoms with Crippen LogP contribution in [0.15, 0.2) is 48.5 Å². The van der Waals surface area contributed by atoms with E-state index in [1.807, 2.05) is 13.8 Å². The molecule has 36 heavy (non-hydrogen) atoms. The Kier molecular flexibility index (Phi) is 10.4. The minimum Gasteiger partial charge on any atom is -0.464 e. The maximum absolute atomic E-state index is 13.8. The molecule has 2 rings (SSSR count). The van der Waals surface area contributed by atoms with Crippen LogP contribution in [0, 0.1) is 32.1 Å². The van der Waals surface area contributed by atoms with Gasteiger partial charge in [-0.25, -0.2) is 4.57 Å². The topological polar surface area (TPSA) is 160 Å². The summed E-state index contributed by atoms with van der Waals surface area (Å²) in [7, 11) is -4.36. The third-order valence-electron chi connectivity index (χ3n) is 5.38. The van der Waals surface area contributed by atoms with Crippen molar-refractivity contribution < 1.29 is 33.0 Å². The highest BCUT2D eigenvalue weighted by Crippen LogP contribution is 2.46. The molecule has 2 aromatic rings. The van der Waals surface area contributed by atoms with E-state index in [0.29, 0.717) is 0 Å². The molecule has 0 saturated heterocycles. The second kappa shape index (κ2) is 13.0. The molecule has 0 bridgehead atoms. The number of non-ortho nitro benzene ring substituents is 2. The molecule has 196 valence electrons. The number of rotatable bonds is 14. The Morgan fingerprint density at radius 3 is 1.64 bits per heavy atom. The van der Waals surface area contributed by atoms with Gasteiger partial charge in [-0.3, -0.25) is 25.0 Å². The molecule has 0 aliphatic carbocycles. The smallest absolute Gasteiger partial charge is 0.464 e. The van der Waals surface area contributed by atoms with Crippen molar-refractivity contribution in [1.29, 1.82) is 0 Å². The van der Waals surface area contributed by atoms with Crippen LogP contribution < -0.4 is 14.1 Å². The number of benzene rings is 2. The zero-order chi connectivity index (χ0) is 26.9. The number of nitro benzene ring substituents is 2. The van der Waals surface area contributed by atoms with E-state index >= 15 is 0 Å². The van der Waals surface area contributed by atoms with Crippen molar-refractivity contribution >= 4 is 25.1 Å². The second-order valence-corrected chi connectivity index (χ2v) is 9.96. The van der Waals surface area contributed by atoms with Gasteiger partial charge >= 0.3 is 13.7 Å². The monoisotopic (exact) mass is 523 g/mol. The molecule has 2 aromatic carbocycles. The number of hydrogen-bond acceptors (Lipinski definition) is 9. The number of nitrogens with zero attached hydrogens (tertiary/aromatic N) is 2. The van der Waals surface area contributed by atoms with E-state index < -0.39 is 29.6 Å². The number of ether oxygens (including phenoxy) is 1. The minimum absolute atomic E-state index is 0.0220. The maximum Gasteiger partial charge on any atom is 0.513 e. The van der Waals surface area contributed by atoms with E-state index in [1.54, 1.807) is 13.8 Å². The van der Waals surface area contributed by atoms with Crippen LogP contribution in [0.5, 0.6) is 11.5 Å². The third-order valence-corrected chi connectivity index (χ3v) is 6.88. The Hall–Kier alpha value is -3.50. The SMILES string of the molecule is CCC(CC)COC(=O)C(NP(=O)(Oc1ccc([N+](=O)[O-])cc1)Oc1ccc([N+](=O)[O-])cc1)C(C)C. The predicted molar refractivity (Wildman–Crippen MR) is 132 cm³/mol. The molecule has 0 aliphatic rings. The van der Waals surface area contributed by atoms with Crippen LogP contribution in [-0.4, -0.2) is 28.5 Å². The molecule has 0 radical (unpaired) electrons. The van der Waals surface area contributed by atoms with E-state index in [4.69, 9.17) is 13.8 Å². The van der Waals surface area contributed by atoms with Gasteiger partial charge in [0, 0.05) is 24.3 Å². The Labute approximate surface area is 208 Å². The van der Waals surface area contributed by atoms with Gasteiger partial charge in [0.25, 0.3) is 11.4 Å². The average molecular weight is 523 g/mol. The van der Waals surface area contributed by atoms with Crippen LogP contribution in [0.2, 0.25) is 0 Å². The lowest BCUT2D eigenvalue weighted by molar-refractivity contribution is -0.385. The molecule has 0 amide bonds. The zero-order valence-corrected chi connectivity index (χ0v) is 21.4. The maximum atomic E-state index is 13.8. The van der Waals surface area contributed by atoms with Crippen molar-refractivity contribution in [3.63, 3.8) is 0 Å². The van der Waals surface area contributed by atoms with E-state index in [9.17, 15) is 29.6 Å². The average Bonchev–Trinajstić information content (AvgIpc) is 2.83. The Balaban J connectivity index is 2.33. The summed E-state index contributed by atoms with van der Waals surface area (Å²) in [5, 5.41) is 24.5. The Morgan fingerprint density at radius 2 is 1.31 bits per heavy atom. The highest BCUT2D eigenvalue weighted by molar-refractivity contribution is 7.52. The zero-order valence-electron chi connectivity index (χ0n) is 20.5. The molecule has 0 aromatic heterocycles. The molecule has 12 nitrogen and oxygen atoms in total. The largest absolute Gasteiger partial charge is 0.513 e. The van der Waals surface area contributed by atoms with Gasteiger partial charge in [-0.05, 0) is 36.1 Å². The van der Waals surface area contributed by atoms with E-state index in [2.05, 4.69) is 5.09 Å². The number of nitro groups is 2. The Bertz CT molecular complexity index is 1020. The van der Waals surface area contributed by atoms with Crippen molar-refractivity contribution in [3.05, 3.63) is 68.8 Å². The lowest BCUT2D eigenvalue weighted by Crippen LogP contribution is -2.42. The highest BCUT2D eigenvalue weighted by atomic mass is 31.2. The first kappa shape index (κ1) is 28.7. The molecular weight excluding hydrogens is 493 g/mol. The van der Waals surface area contributed by atoms with Crippen molar-refractivity contribution in [2.45, 2.75) is 46.6 Å². The van der Waals surface area contributed by atoms with Crippen LogP contribution in [-0.2, 0) is 14.1 Å². The quantitative estimate of drug-likeness (QED) is 0.141. The van der Waals surface area contributed by atoms with Gasteiger partial charge in [-0.1, -0.05) is 40.5 Å². The van der Waals surface area contributed by atoms with Gasteiger partial charge in [0.2, 0.25) is 0 Å². The minimum atomic E-state index is -4.36. The highest BCUT2D eigenvalue weighted by Gasteiger charge is 2.38. The molecule has 1 atom stereocenters. The summed E-state index contributed by atoms with van der Waals surface area (Å²) in [5.41, 5.74) is -0.405. The number of hydrogen-bond donors (Lipinski definition) is 1. The molecule has 0 heterocycles. The van der Waals surface area contributed by atoms with Crippen molar-refractivity contribution in [1.82, 2.24) is 5.09 Å². The molecular formula is C23H30N3O9P. The first-order valence-corrected chi connectivity index (χ1v) is 12.9. The van der Waals surface area contributed by atoms with Crippen LogP contribution in [0.4, 0.5) is 11.4 Å². The molecule has 0 spiro atoms. The fourth-order valence-electron chi connectivity index (χ4n) is 3.06. The molecule has 0 aliphatic heterocycles. The van der Waals surface area contributed by atoms with Gasteiger partial charge in [0.1, 0.15) is 17.5 Å². The van der Waals surface area contributed by atoms with Gasteiger partial charge in [0.15, 0.2) is 0 Å². The van der Waals surface area contributed by atoms with Crippen molar-refractivity contribution in [2.75, 3.05) is 6.61 Å². The summed E-state index contributed by atoms with van der Waals surface area (Å²) >= 11 is 0. The number of nitrogens with one attached hydrogen (secondary N) is 1. The summed E-state index contributed by atoms with van der Waals surface area (Å²) in [6.07, 6.45) is 1.66. The number of esters is 1.